The molecule has 0 amide bonds. The Morgan fingerprint density at radius 2 is 0.768 bits per heavy atom. The summed E-state index contributed by atoms with van der Waals surface area (Å²) >= 11 is 0. The van der Waals surface area contributed by atoms with Gasteiger partial charge in [0, 0.05) is 10.8 Å². The molecule has 0 atom stereocenters. The van der Waals surface area contributed by atoms with Crippen molar-refractivity contribution in [3.8, 4) is 66.8 Å². The molecule has 2 aliphatic rings. The Bertz CT molecular complexity index is 3280. The molecule has 2 aliphatic carbocycles. The minimum atomic E-state index is 0.0634. The van der Waals surface area contributed by atoms with E-state index in [2.05, 4.69) is 263 Å². The van der Waals surface area contributed by atoms with Crippen LogP contribution in [0.15, 0.2) is 200 Å². The number of fused-ring (bicyclic) bond motifs is 6. The highest BCUT2D eigenvalue weighted by molar-refractivity contribution is 5.86. The number of aryl methyl sites for hydroxylation is 4. The second-order valence-corrected chi connectivity index (χ2v) is 20.4. The number of hydrogen-bond acceptors (Lipinski definition) is 0. The largest absolute Gasteiger partial charge is 0.0651 e. The predicted octanol–water partition coefficient (Wildman–Crippen LogP) is 19.2. The predicted molar refractivity (Wildman–Crippen MR) is 298 cm³/mol. The van der Waals surface area contributed by atoms with Crippen LogP contribution in [0.4, 0.5) is 0 Å². The first-order valence-corrected chi connectivity index (χ1v) is 25.3. The van der Waals surface area contributed by atoms with E-state index in [9.17, 15) is 0 Å². The van der Waals surface area contributed by atoms with Crippen LogP contribution in [-0.2, 0) is 23.7 Å². The van der Waals surface area contributed by atoms with Gasteiger partial charge in [0.05, 0.1) is 0 Å². The Hall–Kier alpha value is -7.02. The smallest absolute Gasteiger partial charge is 0.0158 e. The summed E-state index contributed by atoms with van der Waals surface area (Å²) in [5.41, 5.74) is 28.9. The van der Waals surface area contributed by atoms with Crippen molar-refractivity contribution in [3.63, 3.8) is 0 Å². The standard InChI is InChI=1S/C28H24.C23H24.C18H20/c1-19-8-6-9-20(16-19)21-10-7-11-22(17-21)23-14-15-27-25(18-23)24-12-4-5-13-26(24)28(27,2)3;1-4-9-19-11-5-6-13-23(19)22-15-8-14-21(18(22)3)20-12-7-10-17(2)16-20;1-4-7-13-10-11-15-14-8-5-6-9-16(14)18(2,3)17(15)12-13/h4-18H,1-3H3;5-8,10-16H,4,9H2,1-3H3;5-6,8-12H,4,7H2,1-3H3. The average Bonchev–Trinajstić information content (AvgIpc) is 3.74. The molecule has 11 rings (SSSR count). The van der Waals surface area contributed by atoms with E-state index in [0.717, 1.165) is 6.42 Å². The number of hydrogen-bond donors (Lipinski definition) is 0. The van der Waals surface area contributed by atoms with Crippen LogP contribution in [-0.4, -0.2) is 0 Å². The lowest BCUT2D eigenvalue weighted by atomic mass is 9.82. The van der Waals surface area contributed by atoms with Gasteiger partial charge in [0.2, 0.25) is 0 Å². The normalized spacial score (nSPS) is 13.2. The van der Waals surface area contributed by atoms with Crippen molar-refractivity contribution in [2.75, 3.05) is 0 Å². The Morgan fingerprint density at radius 1 is 0.304 bits per heavy atom. The highest BCUT2D eigenvalue weighted by atomic mass is 14.4. The van der Waals surface area contributed by atoms with Gasteiger partial charge in [-0.25, -0.2) is 0 Å². The van der Waals surface area contributed by atoms with Gasteiger partial charge in [-0.15, -0.1) is 0 Å². The Labute approximate surface area is 413 Å². The van der Waals surface area contributed by atoms with Crippen molar-refractivity contribution in [1.82, 2.24) is 0 Å². The molecule has 0 aliphatic heterocycles. The average molecular weight is 897 g/mol. The lowest BCUT2D eigenvalue weighted by Crippen LogP contribution is -2.15. The van der Waals surface area contributed by atoms with Gasteiger partial charge in [0.25, 0.3) is 0 Å². The van der Waals surface area contributed by atoms with Crippen LogP contribution in [0.2, 0.25) is 0 Å². The van der Waals surface area contributed by atoms with Gasteiger partial charge in [-0.3, -0.25) is 0 Å². The Kier molecular flexibility index (Phi) is 13.6. The molecule has 9 aromatic rings. The van der Waals surface area contributed by atoms with Crippen LogP contribution in [0, 0.1) is 20.8 Å². The van der Waals surface area contributed by atoms with E-state index in [-0.39, 0.29) is 10.8 Å². The molecule has 0 fully saturated rings. The van der Waals surface area contributed by atoms with Gasteiger partial charge in [-0.1, -0.05) is 254 Å². The van der Waals surface area contributed by atoms with Crippen LogP contribution < -0.4 is 0 Å². The lowest BCUT2D eigenvalue weighted by Gasteiger charge is -2.21. The van der Waals surface area contributed by atoms with Crippen molar-refractivity contribution in [3.05, 3.63) is 250 Å². The first-order chi connectivity index (χ1) is 33.4. The molecule has 344 valence electrons. The Balaban J connectivity index is 0.000000132. The molecular weight excluding hydrogens is 829 g/mol. The zero-order valence-electron chi connectivity index (χ0n) is 42.4. The number of rotatable bonds is 8. The fourth-order valence-corrected chi connectivity index (χ4v) is 11.1. The fraction of sp³-hybridized carbons (Fsp3) is 0.217. The van der Waals surface area contributed by atoms with Crippen LogP contribution in [0.3, 0.4) is 0 Å². The monoisotopic (exact) mass is 897 g/mol. The summed E-state index contributed by atoms with van der Waals surface area (Å²) in [6.07, 6.45) is 4.70. The van der Waals surface area contributed by atoms with Gasteiger partial charge in [-0.2, -0.15) is 0 Å². The molecule has 0 nitrogen and oxygen atoms in total. The molecule has 0 saturated carbocycles. The zero-order chi connectivity index (χ0) is 48.3. The second kappa shape index (κ2) is 19.9. The van der Waals surface area contributed by atoms with Crippen molar-refractivity contribution in [2.45, 2.75) is 98.8 Å². The quantitative estimate of drug-likeness (QED) is 0.143. The van der Waals surface area contributed by atoms with Crippen LogP contribution >= 0.6 is 0 Å². The molecule has 0 heteroatoms. The Morgan fingerprint density at radius 3 is 1.42 bits per heavy atom. The SMILES string of the molecule is CCCc1ccc2c(c1)C(C)(C)c1ccccc1-2.CCCc1ccccc1-c1cccc(-c2cccc(C)c2)c1C.Cc1cccc(-c2cccc(-c3ccc4c(c3)-c3ccccc3C4(C)C)c2)c1. The maximum absolute atomic E-state index is 2.42. The summed E-state index contributed by atoms with van der Waals surface area (Å²) < 4.78 is 0. The van der Waals surface area contributed by atoms with Gasteiger partial charge in [0.15, 0.2) is 0 Å². The highest BCUT2D eigenvalue weighted by Crippen LogP contribution is 2.50. The first-order valence-electron chi connectivity index (χ1n) is 25.3. The molecule has 0 aromatic heterocycles. The van der Waals surface area contributed by atoms with Crippen LogP contribution in [0.25, 0.3) is 66.8 Å². The van der Waals surface area contributed by atoms with E-state index in [1.807, 2.05) is 0 Å². The molecule has 0 unspecified atom stereocenters. The van der Waals surface area contributed by atoms with Gasteiger partial charge >= 0.3 is 0 Å². The summed E-state index contributed by atoms with van der Waals surface area (Å²) in [5, 5.41) is 0. The van der Waals surface area contributed by atoms with Gasteiger partial charge < -0.3 is 0 Å². The van der Waals surface area contributed by atoms with Crippen molar-refractivity contribution in [1.29, 1.82) is 0 Å². The summed E-state index contributed by atoms with van der Waals surface area (Å²) in [6.45, 7) is 20.4. The molecule has 0 spiro atoms. The van der Waals surface area contributed by atoms with E-state index in [4.69, 9.17) is 0 Å². The van der Waals surface area contributed by atoms with Crippen molar-refractivity contribution < 1.29 is 0 Å². The zero-order valence-corrected chi connectivity index (χ0v) is 42.4. The van der Waals surface area contributed by atoms with E-state index in [1.165, 1.54) is 136 Å². The maximum atomic E-state index is 2.42. The van der Waals surface area contributed by atoms with Gasteiger partial charge in [0.1, 0.15) is 0 Å². The summed E-state index contributed by atoms with van der Waals surface area (Å²) in [5.74, 6) is 0. The first kappa shape index (κ1) is 47.1. The van der Waals surface area contributed by atoms with E-state index in [0.29, 0.717) is 0 Å². The minimum absolute atomic E-state index is 0.0634. The lowest BCUT2D eigenvalue weighted by molar-refractivity contribution is 0.659. The molecule has 0 N–H and O–H groups in total. The number of benzene rings is 9. The van der Waals surface area contributed by atoms with Crippen molar-refractivity contribution in [2.24, 2.45) is 0 Å². The third-order valence-electron chi connectivity index (χ3n) is 14.8. The molecule has 0 heterocycles. The summed E-state index contributed by atoms with van der Waals surface area (Å²) in [6, 6.07) is 73.5. The van der Waals surface area contributed by atoms with Gasteiger partial charge in [-0.05, 0) is 151 Å². The fourth-order valence-electron chi connectivity index (χ4n) is 11.1. The molecule has 9 aromatic carbocycles. The summed E-state index contributed by atoms with van der Waals surface area (Å²) in [7, 11) is 0. The molecule has 0 bridgehead atoms. The second-order valence-electron chi connectivity index (χ2n) is 20.4. The van der Waals surface area contributed by atoms with Crippen molar-refractivity contribution >= 4 is 0 Å². The van der Waals surface area contributed by atoms with E-state index in [1.54, 1.807) is 0 Å². The van der Waals surface area contributed by atoms with Crippen LogP contribution in [0.5, 0.6) is 0 Å². The van der Waals surface area contributed by atoms with Crippen LogP contribution in [0.1, 0.15) is 104 Å². The highest BCUT2D eigenvalue weighted by Gasteiger charge is 2.36. The molecule has 69 heavy (non-hydrogen) atoms. The van der Waals surface area contributed by atoms with E-state index < -0.39 is 0 Å². The third-order valence-corrected chi connectivity index (χ3v) is 14.8. The molecule has 0 saturated heterocycles. The topological polar surface area (TPSA) is 0 Å². The molecular formula is C69H68. The van der Waals surface area contributed by atoms with E-state index >= 15 is 0 Å². The molecule has 0 radical (unpaired) electrons. The third kappa shape index (κ3) is 9.43. The summed E-state index contributed by atoms with van der Waals surface area (Å²) in [4.78, 5) is 0. The minimum Gasteiger partial charge on any atom is -0.0651 e. The maximum Gasteiger partial charge on any atom is 0.0158 e.